The van der Waals surface area contributed by atoms with Crippen LogP contribution in [0.25, 0.3) is 6.08 Å². The molecule has 0 saturated heterocycles. The molecular formula is C13H14O4. The van der Waals surface area contributed by atoms with Gasteiger partial charge in [-0.15, -0.1) is 0 Å². The smallest absolute Gasteiger partial charge is 0.333 e. The van der Waals surface area contributed by atoms with Gasteiger partial charge in [0, 0.05) is 17.6 Å². The van der Waals surface area contributed by atoms with E-state index in [1.54, 1.807) is 13.2 Å². The minimum atomic E-state index is -0.315. The van der Waals surface area contributed by atoms with Crippen LogP contribution in [0.5, 0.6) is 11.5 Å². The molecule has 0 N–H and O–H groups in total. The second kappa shape index (κ2) is 4.91. The van der Waals surface area contributed by atoms with Crippen molar-refractivity contribution in [3.8, 4) is 11.5 Å². The Morgan fingerprint density at radius 2 is 2.18 bits per heavy atom. The van der Waals surface area contributed by atoms with Gasteiger partial charge in [-0.25, -0.2) is 4.79 Å². The van der Waals surface area contributed by atoms with Crippen LogP contribution < -0.4 is 9.47 Å². The van der Waals surface area contributed by atoms with Gasteiger partial charge in [0.2, 0.25) is 0 Å². The highest BCUT2D eigenvalue weighted by atomic mass is 16.5. The Kier molecular flexibility index (Phi) is 3.32. The van der Waals surface area contributed by atoms with Crippen molar-refractivity contribution < 1.29 is 19.0 Å². The summed E-state index contributed by atoms with van der Waals surface area (Å²) in [6.45, 7) is 0.439. The second-order valence-electron chi connectivity index (χ2n) is 3.64. The third kappa shape index (κ3) is 2.25. The number of carbonyl (C=O) groups is 1. The molecule has 0 radical (unpaired) electrons. The first kappa shape index (κ1) is 11.5. The summed E-state index contributed by atoms with van der Waals surface area (Å²) in [7, 11) is 2.97. The molecular weight excluding hydrogens is 220 g/mol. The van der Waals surface area contributed by atoms with Gasteiger partial charge in [-0.05, 0) is 12.1 Å². The lowest BCUT2D eigenvalue weighted by Gasteiger charge is -2.10. The molecule has 1 heterocycles. The molecule has 4 nitrogen and oxygen atoms in total. The number of rotatable bonds is 2. The van der Waals surface area contributed by atoms with Crippen molar-refractivity contribution in [1.29, 1.82) is 0 Å². The normalized spacial score (nSPS) is 13.9. The lowest BCUT2D eigenvalue weighted by atomic mass is 10.1. The predicted molar refractivity (Wildman–Crippen MR) is 63.1 cm³/mol. The van der Waals surface area contributed by atoms with Gasteiger partial charge in [-0.2, -0.15) is 0 Å². The molecule has 4 heteroatoms. The van der Waals surface area contributed by atoms with E-state index in [1.165, 1.54) is 7.11 Å². The van der Waals surface area contributed by atoms with E-state index in [2.05, 4.69) is 0 Å². The third-order valence-corrected chi connectivity index (χ3v) is 2.62. The van der Waals surface area contributed by atoms with Gasteiger partial charge in [-0.3, -0.25) is 0 Å². The first-order valence-corrected chi connectivity index (χ1v) is 5.35. The van der Waals surface area contributed by atoms with Crippen molar-refractivity contribution in [2.75, 3.05) is 20.8 Å². The molecule has 2 rings (SSSR count). The summed E-state index contributed by atoms with van der Waals surface area (Å²) in [5.41, 5.74) is 1.45. The van der Waals surface area contributed by atoms with Gasteiger partial charge in [0.15, 0.2) is 11.5 Å². The van der Waals surface area contributed by atoms with Gasteiger partial charge < -0.3 is 14.2 Å². The summed E-state index contributed by atoms with van der Waals surface area (Å²) in [6, 6.07) is 5.57. The number of ether oxygens (including phenoxy) is 3. The van der Waals surface area contributed by atoms with E-state index in [1.807, 2.05) is 18.2 Å². The van der Waals surface area contributed by atoms with E-state index in [0.717, 1.165) is 5.56 Å². The van der Waals surface area contributed by atoms with Gasteiger partial charge in [0.05, 0.1) is 20.8 Å². The van der Waals surface area contributed by atoms with Crippen LogP contribution in [-0.2, 0) is 9.53 Å². The molecule has 0 saturated carbocycles. The topological polar surface area (TPSA) is 44.8 Å². The van der Waals surface area contributed by atoms with Crippen LogP contribution in [0.3, 0.4) is 0 Å². The molecule has 1 aromatic rings. The van der Waals surface area contributed by atoms with Crippen LogP contribution in [0.15, 0.2) is 23.8 Å². The monoisotopic (exact) mass is 234 g/mol. The summed E-state index contributed by atoms with van der Waals surface area (Å²) >= 11 is 0. The highest BCUT2D eigenvalue weighted by Gasteiger charge is 2.17. The van der Waals surface area contributed by atoms with Crippen LogP contribution in [0.2, 0.25) is 0 Å². The molecule has 0 unspecified atom stereocenters. The zero-order valence-electron chi connectivity index (χ0n) is 9.86. The number of para-hydroxylation sites is 1. The highest BCUT2D eigenvalue weighted by molar-refractivity contribution is 5.94. The summed E-state index contributed by atoms with van der Waals surface area (Å²) in [5.74, 6) is 1.03. The average Bonchev–Trinajstić information content (AvgIpc) is 2.59. The fourth-order valence-corrected chi connectivity index (χ4v) is 1.78. The van der Waals surface area contributed by atoms with Crippen LogP contribution in [0.1, 0.15) is 12.0 Å². The molecule has 0 atom stereocenters. The van der Waals surface area contributed by atoms with E-state index in [0.29, 0.717) is 30.1 Å². The molecule has 0 fully saturated rings. The Morgan fingerprint density at radius 3 is 2.88 bits per heavy atom. The number of esters is 1. The number of methoxy groups -OCH3 is 2. The van der Waals surface area contributed by atoms with Crippen LogP contribution in [-0.4, -0.2) is 26.8 Å². The van der Waals surface area contributed by atoms with Gasteiger partial charge >= 0.3 is 5.97 Å². The summed E-state index contributed by atoms with van der Waals surface area (Å²) in [6.07, 6.45) is 2.32. The lowest BCUT2D eigenvalue weighted by Crippen LogP contribution is -2.07. The molecule has 1 aliphatic heterocycles. The molecule has 0 amide bonds. The fraction of sp³-hybridized carbons (Fsp3) is 0.308. The van der Waals surface area contributed by atoms with E-state index >= 15 is 0 Å². The maximum absolute atomic E-state index is 11.5. The molecule has 0 aliphatic carbocycles. The first-order chi connectivity index (χ1) is 8.26. The molecule has 0 aromatic heterocycles. The molecule has 0 spiro atoms. The Labute approximate surface area is 99.8 Å². The van der Waals surface area contributed by atoms with Gasteiger partial charge in [0.25, 0.3) is 0 Å². The minimum Gasteiger partial charge on any atom is -0.493 e. The SMILES string of the molecule is COC(=O)C1=Cc2cccc(OC)c2OCC1. The Bertz CT molecular complexity index is 462. The summed E-state index contributed by atoms with van der Waals surface area (Å²) in [5, 5.41) is 0. The maximum Gasteiger partial charge on any atom is 0.333 e. The first-order valence-electron chi connectivity index (χ1n) is 5.35. The van der Waals surface area contributed by atoms with Crippen LogP contribution >= 0.6 is 0 Å². The van der Waals surface area contributed by atoms with Gasteiger partial charge in [-0.1, -0.05) is 12.1 Å². The van der Waals surface area contributed by atoms with E-state index in [9.17, 15) is 4.79 Å². The van der Waals surface area contributed by atoms with Crippen molar-refractivity contribution in [2.24, 2.45) is 0 Å². The number of hydrogen-bond acceptors (Lipinski definition) is 4. The van der Waals surface area contributed by atoms with Crippen LogP contribution in [0, 0.1) is 0 Å². The molecule has 0 bridgehead atoms. The zero-order valence-corrected chi connectivity index (χ0v) is 9.86. The van der Waals surface area contributed by atoms with Crippen molar-refractivity contribution in [1.82, 2.24) is 0 Å². The number of carbonyl (C=O) groups excluding carboxylic acids is 1. The molecule has 90 valence electrons. The Balaban J connectivity index is 2.44. The quantitative estimate of drug-likeness (QED) is 0.734. The minimum absolute atomic E-state index is 0.315. The molecule has 17 heavy (non-hydrogen) atoms. The summed E-state index contributed by atoms with van der Waals surface area (Å²) < 4.78 is 15.6. The van der Waals surface area contributed by atoms with Gasteiger partial charge in [0.1, 0.15) is 0 Å². The highest BCUT2D eigenvalue weighted by Crippen LogP contribution is 2.34. The van der Waals surface area contributed by atoms with Crippen molar-refractivity contribution >= 4 is 12.0 Å². The lowest BCUT2D eigenvalue weighted by molar-refractivity contribution is -0.136. The predicted octanol–water partition coefficient (Wildman–Crippen LogP) is 2.03. The standard InChI is InChI=1S/C13H14O4/c1-15-11-5-3-4-9-8-10(13(14)16-2)6-7-17-12(9)11/h3-5,8H,6-7H2,1-2H3. The Morgan fingerprint density at radius 1 is 1.35 bits per heavy atom. The largest absolute Gasteiger partial charge is 0.493 e. The Hall–Kier alpha value is -1.97. The van der Waals surface area contributed by atoms with Crippen molar-refractivity contribution in [2.45, 2.75) is 6.42 Å². The van der Waals surface area contributed by atoms with Crippen LogP contribution in [0.4, 0.5) is 0 Å². The zero-order chi connectivity index (χ0) is 12.3. The fourth-order valence-electron chi connectivity index (χ4n) is 1.78. The molecule has 1 aromatic carbocycles. The maximum atomic E-state index is 11.5. The molecule has 1 aliphatic rings. The number of hydrogen-bond donors (Lipinski definition) is 0. The van der Waals surface area contributed by atoms with E-state index in [-0.39, 0.29) is 5.97 Å². The van der Waals surface area contributed by atoms with E-state index < -0.39 is 0 Å². The van der Waals surface area contributed by atoms with Crippen molar-refractivity contribution in [3.05, 3.63) is 29.3 Å². The third-order valence-electron chi connectivity index (χ3n) is 2.62. The average molecular weight is 234 g/mol. The van der Waals surface area contributed by atoms with E-state index in [4.69, 9.17) is 14.2 Å². The second-order valence-corrected chi connectivity index (χ2v) is 3.64. The number of benzene rings is 1. The number of fused-ring (bicyclic) bond motifs is 1. The summed E-state index contributed by atoms with van der Waals surface area (Å²) in [4.78, 5) is 11.5. The van der Waals surface area contributed by atoms with Crippen molar-refractivity contribution in [3.63, 3.8) is 0 Å².